The van der Waals surface area contributed by atoms with Gasteiger partial charge in [0.15, 0.2) is 5.82 Å². The molecule has 126 valence electrons. The van der Waals surface area contributed by atoms with E-state index in [-0.39, 0.29) is 0 Å². The summed E-state index contributed by atoms with van der Waals surface area (Å²) in [4.78, 5) is 1.02. The lowest BCUT2D eigenvalue weighted by atomic mass is 10.1. The Balaban J connectivity index is 1.47. The van der Waals surface area contributed by atoms with Gasteiger partial charge in [0.05, 0.1) is 11.5 Å². The van der Waals surface area contributed by atoms with E-state index < -0.39 is 0 Å². The molecule has 0 aliphatic rings. The van der Waals surface area contributed by atoms with E-state index in [4.69, 9.17) is 10.6 Å². The summed E-state index contributed by atoms with van der Waals surface area (Å²) in [5.74, 6) is 8.60. The van der Waals surface area contributed by atoms with E-state index in [1.807, 2.05) is 17.5 Å². The zero-order valence-corrected chi connectivity index (χ0v) is 15.4. The Labute approximate surface area is 149 Å². The average molecular weight is 361 g/mol. The molecule has 0 spiro atoms. The molecule has 7 heteroatoms. The van der Waals surface area contributed by atoms with Gasteiger partial charge in [0.1, 0.15) is 5.75 Å². The van der Waals surface area contributed by atoms with Crippen molar-refractivity contribution in [2.24, 2.45) is 0 Å². The largest absolute Gasteiger partial charge is 0.494 e. The fraction of sp³-hybridized carbons (Fsp3) is 0.294. The second-order valence-corrected chi connectivity index (χ2v) is 7.54. The number of aryl methyl sites for hydroxylation is 2. The molecule has 0 unspecified atom stereocenters. The number of ether oxygens (including phenoxy) is 1. The van der Waals surface area contributed by atoms with Crippen LogP contribution in [0.15, 0.2) is 40.9 Å². The SMILES string of the molecule is Cc1cc(C)cc(OCCCSc2nnc(-c3cccs3)n2N)c1. The summed E-state index contributed by atoms with van der Waals surface area (Å²) < 4.78 is 7.37. The van der Waals surface area contributed by atoms with Crippen LogP contribution in [0.2, 0.25) is 0 Å². The number of nitrogen functional groups attached to an aromatic ring is 1. The van der Waals surface area contributed by atoms with Gasteiger partial charge in [-0.1, -0.05) is 23.9 Å². The van der Waals surface area contributed by atoms with Gasteiger partial charge in [-0.25, -0.2) is 4.68 Å². The van der Waals surface area contributed by atoms with E-state index in [2.05, 4.69) is 42.2 Å². The first-order chi connectivity index (χ1) is 11.6. The van der Waals surface area contributed by atoms with Crippen LogP contribution in [-0.2, 0) is 0 Å². The molecule has 0 saturated heterocycles. The minimum absolute atomic E-state index is 0.673. The Morgan fingerprint density at radius 1 is 1.21 bits per heavy atom. The smallest absolute Gasteiger partial charge is 0.210 e. The molecule has 2 aromatic heterocycles. The van der Waals surface area contributed by atoms with Crippen LogP contribution in [0.3, 0.4) is 0 Å². The van der Waals surface area contributed by atoms with Crippen molar-refractivity contribution in [3.8, 4) is 16.5 Å². The van der Waals surface area contributed by atoms with Crippen LogP contribution in [0.25, 0.3) is 10.7 Å². The fourth-order valence-electron chi connectivity index (χ4n) is 2.38. The number of aromatic nitrogens is 3. The van der Waals surface area contributed by atoms with Gasteiger partial charge in [0.25, 0.3) is 0 Å². The molecule has 0 atom stereocenters. The van der Waals surface area contributed by atoms with Gasteiger partial charge >= 0.3 is 0 Å². The summed E-state index contributed by atoms with van der Waals surface area (Å²) in [6.07, 6.45) is 0.916. The van der Waals surface area contributed by atoms with Crippen LogP contribution in [0.4, 0.5) is 0 Å². The highest BCUT2D eigenvalue weighted by Gasteiger charge is 2.12. The fourth-order valence-corrected chi connectivity index (χ4v) is 3.85. The van der Waals surface area contributed by atoms with Gasteiger partial charge in [-0.2, -0.15) is 0 Å². The standard InChI is InChI=1S/C17H20N4OS2/c1-12-9-13(2)11-14(10-12)22-6-4-8-24-17-20-19-16(21(17)18)15-5-3-7-23-15/h3,5,7,9-11H,4,6,8,18H2,1-2H3. The number of hydrogen-bond acceptors (Lipinski definition) is 6. The van der Waals surface area contributed by atoms with Crippen molar-refractivity contribution >= 4 is 23.1 Å². The molecular weight excluding hydrogens is 340 g/mol. The van der Waals surface area contributed by atoms with Gasteiger partial charge in [0, 0.05) is 5.75 Å². The van der Waals surface area contributed by atoms with Crippen LogP contribution in [-0.4, -0.2) is 27.2 Å². The molecule has 0 amide bonds. The minimum atomic E-state index is 0.673. The molecule has 5 nitrogen and oxygen atoms in total. The third-order valence-electron chi connectivity index (χ3n) is 3.39. The van der Waals surface area contributed by atoms with E-state index in [0.717, 1.165) is 28.0 Å². The monoisotopic (exact) mass is 360 g/mol. The molecule has 0 aliphatic carbocycles. The maximum absolute atomic E-state index is 6.08. The Hall–Kier alpha value is -1.99. The van der Waals surface area contributed by atoms with Crippen molar-refractivity contribution in [2.45, 2.75) is 25.4 Å². The first kappa shape index (κ1) is 16.9. The molecule has 3 aromatic rings. The third-order valence-corrected chi connectivity index (χ3v) is 5.29. The van der Waals surface area contributed by atoms with Gasteiger partial charge in [-0.3, -0.25) is 0 Å². The van der Waals surface area contributed by atoms with Crippen LogP contribution < -0.4 is 10.6 Å². The van der Waals surface area contributed by atoms with E-state index in [9.17, 15) is 0 Å². The van der Waals surface area contributed by atoms with Gasteiger partial charge in [-0.15, -0.1) is 21.5 Å². The molecule has 0 bridgehead atoms. The summed E-state index contributed by atoms with van der Waals surface area (Å²) in [6.45, 7) is 4.83. The molecule has 2 heterocycles. The van der Waals surface area contributed by atoms with Crippen molar-refractivity contribution in [2.75, 3.05) is 18.2 Å². The predicted octanol–water partition coefficient (Wildman–Crippen LogP) is 3.90. The van der Waals surface area contributed by atoms with E-state index >= 15 is 0 Å². The lowest BCUT2D eigenvalue weighted by molar-refractivity contribution is 0.318. The third kappa shape index (κ3) is 4.10. The van der Waals surface area contributed by atoms with Gasteiger partial charge in [0.2, 0.25) is 5.16 Å². The molecule has 0 aliphatic heterocycles. The zero-order valence-electron chi connectivity index (χ0n) is 13.7. The Morgan fingerprint density at radius 3 is 2.71 bits per heavy atom. The number of hydrogen-bond donors (Lipinski definition) is 1. The molecule has 24 heavy (non-hydrogen) atoms. The van der Waals surface area contributed by atoms with Crippen molar-refractivity contribution in [1.82, 2.24) is 14.9 Å². The van der Waals surface area contributed by atoms with E-state index in [1.165, 1.54) is 11.1 Å². The Morgan fingerprint density at radius 2 is 2.00 bits per heavy atom. The van der Waals surface area contributed by atoms with Crippen LogP contribution >= 0.6 is 23.1 Å². The first-order valence-corrected chi connectivity index (χ1v) is 9.58. The van der Waals surface area contributed by atoms with Gasteiger partial charge < -0.3 is 10.6 Å². The molecule has 3 rings (SSSR count). The molecule has 2 N–H and O–H groups in total. The van der Waals surface area contributed by atoms with Crippen LogP contribution in [0, 0.1) is 13.8 Å². The minimum Gasteiger partial charge on any atom is -0.494 e. The maximum atomic E-state index is 6.08. The molecule has 0 fully saturated rings. The predicted molar refractivity (Wildman–Crippen MR) is 100 cm³/mol. The van der Waals surface area contributed by atoms with Crippen LogP contribution in [0.1, 0.15) is 17.5 Å². The maximum Gasteiger partial charge on any atom is 0.210 e. The number of thiophene rings is 1. The van der Waals surface area contributed by atoms with Crippen LogP contribution in [0.5, 0.6) is 5.75 Å². The summed E-state index contributed by atoms with van der Waals surface area (Å²) in [7, 11) is 0. The second kappa shape index (κ2) is 7.72. The van der Waals surface area contributed by atoms with Crippen molar-refractivity contribution in [3.63, 3.8) is 0 Å². The lowest BCUT2D eigenvalue weighted by Crippen LogP contribution is -2.11. The summed E-state index contributed by atoms with van der Waals surface area (Å²) >= 11 is 3.20. The van der Waals surface area contributed by atoms with E-state index in [0.29, 0.717) is 12.4 Å². The van der Waals surface area contributed by atoms with Crippen molar-refractivity contribution in [3.05, 3.63) is 46.8 Å². The average Bonchev–Trinajstić information content (AvgIpc) is 3.16. The molecule has 0 saturated carbocycles. The molecule has 0 radical (unpaired) electrons. The molecular formula is C17H20N4OS2. The highest BCUT2D eigenvalue weighted by Crippen LogP contribution is 2.25. The van der Waals surface area contributed by atoms with E-state index in [1.54, 1.807) is 27.8 Å². The topological polar surface area (TPSA) is 66.0 Å². The lowest BCUT2D eigenvalue weighted by Gasteiger charge is -2.08. The second-order valence-electron chi connectivity index (χ2n) is 5.53. The summed E-state index contributed by atoms with van der Waals surface area (Å²) in [5, 5.41) is 11.1. The molecule has 1 aromatic carbocycles. The number of thioether (sulfide) groups is 1. The Bertz CT molecular complexity index is 779. The number of benzene rings is 1. The summed E-state index contributed by atoms with van der Waals surface area (Å²) in [5.41, 5.74) is 2.44. The van der Waals surface area contributed by atoms with Gasteiger partial charge in [-0.05, 0) is 55.0 Å². The zero-order chi connectivity index (χ0) is 16.9. The quantitative estimate of drug-likeness (QED) is 0.393. The number of nitrogens with two attached hydrogens (primary N) is 1. The highest BCUT2D eigenvalue weighted by atomic mass is 32.2. The first-order valence-electron chi connectivity index (χ1n) is 7.72. The normalized spacial score (nSPS) is 10.9. The number of rotatable bonds is 7. The highest BCUT2D eigenvalue weighted by molar-refractivity contribution is 7.99. The summed E-state index contributed by atoms with van der Waals surface area (Å²) in [6, 6.07) is 10.2. The Kier molecular flexibility index (Phi) is 5.42. The number of nitrogens with zero attached hydrogens (tertiary/aromatic N) is 3. The van der Waals surface area contributed by atoms with Crippen molar-refractivity contribution in [1.29, 1.82) is 0 Å². The van der Waals surface area contributed by atoms with Crippen molar-refractivity contribution < 1.29 is 4.74 Å².